The summed E-state index contributed by atoms with van der Waals surface area (Å²) >= 11 is 9.78. The molecule has 0 bridgehead atoms. The second-order valence-corrected chi connectivity index (χ2v) is 10.2. The summed E-state index contributed by atoms with van der Waals surface area (Å²) in [7, 11) is 1.66. The maximum atomic E-state index is 6.19. The van der Waals surface area contributed by atoms with Crippen LogP contribution in [-0.4, -0.2) is 12.6 Å². The summed E-state index contributed by atoms with van der Waals surface area (Å²) < 4.78 is 12.8. The Kier molecular flexibility index (Phi) is 7.83. The van der Waals surface area contributed by atoms with Gasteiger partial charge in [0.2, 0.25) is 0 Å². The summed E-state index contributed by atoms with van der Waals surface area (Å²) in [4.78, 5) is 0. The predicted molar refractivity (Wildman–Crippen MR) is 121 cm³/mol. The molecule has 2 aromatic rings. The molecule has 0 saturated carbocycles. The highest BCUT2D eigenvalue weighted by atomic mass is 79.9. The Morgan fingerprint density at radius 2 is 1.79 bits per heavy atom. The van der Waals surface area contributed by atoms with Crippen LogP contribution in [0.4, 0.5) is 0 Å². The van der Waals surface area contributed by atoms with Gasteiger partial charge in [-0.05, 0) is 55.5 Å². The van der Waals surface area contributed by atoms with Crippen LogP contribution in [0.5, 0.6) is 11.5 Å². The molecule has 5 heteroatoms. The van der Waals surface area contributed by atoms with E-state index in [0.717, 1.165) is 33.5 Å². The van der Waals surface area contributed by atoms with Crippen LogP contribution >= 0.6 is 27.5 Å². The average molecular weight is 469 g/mol. The molecule has 154 valence electrons. The molecule has 2 rings (SSSR count). The first-order valence-corrected chi connectivity index (χ1v) is 10.7. The van der Waals surface area contributed by atoms with Crippen molar-refractivity contribution in [2.45, 2.75) is 59.7 Å². The normalized spacial score (nSPS) is 12.1. The fourth-order valence-electron chi connectivity index (χ4n) is 3.56. The van der Waals surface area contributed by atoms with Crippen LogP contribution < -0.4 is 14.8 Å². The summed E-state index contributed by atoms with van der Waals surface area (Å²) in [6, 6.07) is 11.6. The molecule has 0 aliphatic rings. The SMILES string of the molecule is COc1ccc(Br)c(CNC(C)(C)CC(C)(C)C)c1OCc1cccc(Cl)c1. The molecule has 2 aromatic carbocycles. The largest absolute Gasteiger partial charge is 0.493 e. The molecule has 0 aliphatic heterocycles. The lowest BCUT2D eigenvalue weighted by atomic mass is 9.81. The minimum absolute atomic E-state index is 0.00894. The van der Waals surface area contributed by atoms with E-state index in [9.17, 15) is 0 Å². The van der Waals surface area contributed by atoms with Gasteiger partial charge < -0.3 is 14.8 Å². The molecule has 3 nitrogen and oxygen atoms in total. The van der Waals surface area contributed by atoms with Gasteiger partial charge in [0.25, 0.3) is 0 Å². The fourth-order valence-corrected chi connectivity index (χ4v) is 4.23. The van der Waals surface area contributed by atoms with E-state index >= 15 is 0 Å². The lowest BCUT2D eigenvalue weighted by Gasteiger charge is -2.34. The zero-order valence-corrected chi connectivity index (χ0v) is 20.0. The van der Waals surface area contributed by atoms with Gasteiger partial charge in [-0.2, -0.15) is 0 Å². The number of ether oxygens (including phenoxy) is 2. The number of benzene rings is 2. The lowest BCUT2D eigenvalue weighted by Crippen LogP contribution is -2.42. The second-order valence-electron chi connectivity index (χ2n) is 8.95. The van der Waals surface area contributed by atoms with Crippen molar-refractivity contribution in [1.29, 1.82) is 0 Å². The van der Waals surface area contributed by atoms with Crippen molar-refractivity contribution in [2.24, 2.45) is 5.41 Å². The monoisotopic (exact) mass is 467 g/mol. The highest BCUT2D eigenvalue weighted by Gasteiger charge is 2.26. The quantitative estimate of drug-likeness (QED) is 0.452. The van der Waals surface area contributed by atoms with Crippen LogP contribution in [0, 0.1) is 5.41 Å². The van der Waals surface area contributed by atoms with E-state index in [1.165, 1.54) is 0 Å². The van der Waals surface area contributed by atoms with E-state index in [0.29, 0.717) is 18.2 Å². The molecule has 0 amide bonds. The van der Waals surface area contributed by atoms with Gasteiger partial charge in [-0.3, -0.25) is 0 Å². The Labute approximate surface area is 182 Å². The minimum atomic E-state index is -0.00894. The van der Waals surface area contributed by atoms with Crippen LogP contribution in [0.3, 0.4) is 0 Å². The van der Waals surface area contributed by atoms with Crippen molar-refractivity contribution in [2.75, 3.05) is 7.11 Å². The van der Waals surface area contributed by atoms with Gasteiger partial charge in [-0.1, -0.05) is 60.4 Å². The van der Waals surface area contributed by atoms with Crippen molar-refractivity contribution in [3.05, 3.63) is 57.0 Å². The fraction of sp³-hybridized carbons (Fsp3) is 0.478. The van der Waals surface area contributed by atoms with Crippen LogP contribution in [0.15, 0.2) is 40.9 Å². The van der Waals surface area contributed by atoms with Gasteiger partial charge in [0.15, 0.2) is 11.5 Å². The average Bonchev–Trinajstić information content (AvgIpc) is 2.57. The lowest BCUT2D eigenvalue weighted by molar-refractivity contribution is 0.237. The smallest absolute Gasteiger partial charge is 0.167 e. The first-order valence-electron chi connectivity index (χ1n) is 9.48. The van der Waals surface area contributed by atoms with E-state index in [2.05, 4.69) is 55.9 Å². The Balaban J connectivity index is 2.23. The van der Waals surface area contributed by atoms with Crippen molar-refractivity contribution in [3.63, 3.8) is 0 Å². The molecular weight excluding hydrogens is 438 g/mol. The van der Waals surface area contributed by atoms with E-state index in [4.69, 9.17) is 21.1 Å². The molecule has 0 fully saturated rings. The van der Waals surface area contributed by atoms with Gasteiger partial charge in [-0.25, -0.2) is 0 Å². The number of halogens is 2. The van der Waals surface area contributed by atoms with E-state index in [1.54, 1.807) is 7.11 Å². The number of hydrogen-bond donors (Lipinski definition) is 1. The standard InChI is InChI=1S/C23H31BrClNO2/c1-22(2,3)15-23(4,5)26-13-18-19(24)10-11-20(27-6)21(18)28-14-16-8-7-9-17(25)12-16/h7-12,26H,13-15H2,1-6H3. The third kappa shape index (κ3) is 6.98. The summed E-state index contributed by atoms with van der Waals surface area (Å²) in [6.45, 7) is 12.3. The van der Waals surface area contributed by atoms with Gasteiger partial charge in [-0.15, -0.1) is 0 Å². The number of hydrogen-bond acceptors (Lipinski definition) is 3. The van der Waals surface area contributed by atoms with E-state index in [-0.39, 0.29) is 11.0 Å². The molecule has 0 aromatic heterocycles. The first kappa shape index (κ1) is 23.1. The summed E-state index contributed by atoms with van der Waals surface area (Å²) in [6.07, 6.45) is 1.06. The molecule has 0 radical (unpaired) electrons. The third-order valence-electron chi connectivity index (χ3n) is 4.38. The number of rotatable bonds is 8. The van der Waals surface area contributed by atoms with Crippen molar-refractivity contribution in [3.8, 4) is 11.5 Å². The molecule has 0 heterocycles. The molecule has 1 N–H and O–H groups in total. The van der Waals surface area contributed by atoms with Crippen LogP contribution in [0.25, 0.3) is 0 Å². The van der Waals surface area contributed by atoms with Crippen LogP contribution in [-0.2, 0) is 13.2 Å². The van der Waals surface area contributed by atoms with Gasteiger partial charge in [0.05, 0.1) is 7.11 Å². The maximum Gasteiger partial charge on any atom is 0.167 e. The summed E-state index contributed by atoms with van der Waals surface area (Å²) in [5.41, 5.74) is 2.30. The Hall–Kier alpha value is -1.23. The van der Waals surface area contributed by atoms with Crippen LogP contribution in [0.1, 0.15) is 52.2 Å². The van der Waals surface area contributed by atoms with Crippen molar-refractivity contribution >= 4 is 27.5 Å². The third-order valence-corrected chi connectivity index (χ3v) is 5.35. The highest BCUT2D eigenvalue weighted by Crippen LogP contribution is 2.37. The first-order chi connectivity index (χ1) is 13.0. The number of nitrogens with one attached hydrogen (secondary N) is 1. The molecule has 0 saturated heterocycles. The summed E-state index contributed by atoms with van der Waals surface area (Å²) in [5, 5.41) is 4.39. The molecule has 0 unspecified atom stereocenters. The van der Waals surface area contributed by atoms with E-state index < -0.39 is 0 Å². The highest BCUT2D eigenvalue weighted by molar-refractivity contribution is 9.10. The zero-order valence-electron chi connectivity index (χ0n) is 17.7. The number of methoxy groups -OCH3 is 1. The van der Waals surface area contributed by atoms with Crippen molar-refractivity contribution in [1.82, 2.24) is 5.32 Å². The second kappa shape index (κ2) is 9.51. The zero-order chi connectivity index (χ0) is 20.9. The molecule has 0 atom stereocenters. The molecular formula is C23H31BrClNO2. The molecule has 28 heavy (non-hydrogen) atoms. The van der Waals surface area contributed by atoms with Gasteiger partial charge in [0, 0.05) is 27.1 Å². The van der Waals surface area contributed by atoms with Crippen LogP contribution in [0.2, 0.25) is 5.02 Å². The maximum absolute atomic E-state index is 6.19. The molecule has 0 spiro atoms. The van der Waals surface area contributed by atoms with Crippen molar-refractivity contribution < 1.29 is 9.47 Å². The van der Waals surface area contributed by atoms with Gasteiger partial charge >= 0.3 is 0 Å². The topological polar surface area (TPSA) is 30.5 Å². The summed E-state index contributed by atoms with van der Waals surface area (Å²) in [5.74, 6) is 1.46. The predicted octanol–water partition coefficient (Wildman–Crippen LogP) is 6.99. The minimum Gasteiger partial charge on any atom is -0.493 e. The molecule has 0 aliphatic carbocycles. The Morgan fingerprint density at radius 3 is 2.39 bits per heavy atom. The van der Waals surface area contributed by atoms with Gasteiger partial charge in [0.1, 0.15) is 6.61 Å². The Morgan fingerprint density at radius 1 is 1.07 bits per heavy atom. The van der Waals surface area contributed by atoms with E-state index in [1.807, 2.05) is 36.4 Å². The Bertz CT molecular complexity index is 800.